The highest BCUT2D eigenvalue weighted by Crippen LogP contribution is 2.28. The molecular formula is C21H23ClN4O2S. The minimum absolute atomic E-state index is 0.0880. The maximum Gasteiger partial charge on any atom is 0.257 e. The van der Waals surface area contributed by atoms with E-state index in [2.05, 4.69) is 33.1 Å². The molecule has 0 atom stereocenters. The van der Waals surface area contributed by atoms with Crippen LogP contribution in [0.1, 0.15) is 6.92 Å². The molecule has 1 amide bonds. The number of hydrogen-bond donors (Lipinski definition) is 1. The van der Waals surface area contributed by atoms with Crippen LogP contribution < -0.4 is 10.2 Å². The van der Waals surface area contributed by atoms with E-state index in [1.807, 2.05) is 18.2 Å². The number of oxazole rings is 1. The number of rotatable bonds is 6. The number of carbonyl (C=O) groups is 1. The van der Waals surface area contributed by atoms with Gasteiger partial charge in [0.1, 0.15) is 5.52 Å². The summed E-state index contributed by atoms with van der Waals surface area (Å²) in [6.07, 6.45) is 0. The Bertz CT molecular complexity index is 1000. The van der Waals surface area contributed by atoms with Crippen LogP contribution >= 0.6 is 23.4 Å². The number of nitrogens with one attached hydrogen (secondary N) is 1. The van der Waals surface area contributed by atoms with E-state index in [-0.39, 0.29) is 11.7 Å². The van der Waals surface area contributed by atoms with Gasteiger partial charge in [-0.3, -0.25) is 4.79 Å². The molecule has 152 valence electrons. The number of benzene rings is 2. The van der Waals surface area contributed by atoms with Crippen LogP contribution in [0.5, 0.6) is 0 Å². The number of nitrogens with zero attached hydrogens (tertiary/aromatic N) is 3. The van der Waals surface area contributed by atoms with Crippen LogP contribution in [-0.2, 0) is 4.79 Å². The van der Waals surface area contributed by atoms with Crippen molar-refractivity contribution in [1.82, 2.24) is 9.88 Å². The highest BCUT2D eigenvalue weighted by atomic mass is 35.5. The zero-order valence-corrected chi connectivity index (χ0v) is 17.8. The SMILES string of the molecule is CCN1CCN(c2ccccc2NC(=O)CSc2nc3cc(Cl)ccc3o2)CC1. The number of halogens is 1. The van der Waals surface area contributed by atoms with Crippen molar-refractivity contribution in [3.63, 3.8) is 0 Å². The number of carbonyl (C=O) groups excluding carboxylic acids is 1. The fourth-order valence-corrected chi connectivity index (χ4v) is 4.22. The van der Waals surface area contributed by atoms with Crippen molar-refractivity contribution < 1.29 is 9.21 Å². The van der Waals surface area contributed by atoms with Crippen molar-refractivity contribution in [3.8, 4) is 0 Å². The summed E-state index contributed by atoms with van der Waals surface area (Å²) in [5, 5.41) is 4.11. The van der Waals surface area contributed by atoms with Crippen molar-refractivity contribution in [1.29, 1.82) is 0 Å². The zero-order valence-electron chi connectivity index (χ0n) is 16.2. The van der Waals surface area contributed by atoms with Gasteiger partial charge in [-0.25, -0.2) is 4.98 Å². The average molecular weight is 431 g/mol. The van der Waals surface area contributed by atoms with E-state index >= 15 is 0 Å². The third kappa shape index (κ3) is 4.86. The van der Waals surface area contributed by atoms with Gasteiger partial charge in [0.25, 0.3) is 5.22 Å². The minimum Gasteiger partial charge on any atom is -0.431 e. The molecule has 0 bridgehead atoms. The Hall–Kier alpha value is -2.22. The molecule has 1 fully saturated rings. The predicted octanol–water partition coefficient (Wildman–Crippen LogP) is 4.35. The molecule has 0 saturated carbocycles. The number of amides is 1. The van der Waals surface area contributed by atoms with Crippen LogP contribution in [0, 0.1) is 0 Å². The Morgan fingerprint density at radius 1 is 1.21 bits per heavy atom. The number of fused-ring (bicyclic) bond motifs is 1. The molecule has 0 aliphatic carbocycles. The van der Waals surface area contributed by atoms with Crippen LogP contribution in [-0.4, -0.2) is 54.3 Å². The lowest BCUT2D eigenvalue weighted by Gasteiger charge is -2.36. The third-order valence-electron chi connectivity index (χ3n) is 5.00. The molecule has 6 nitrogen and oxygen atoms in total. The second-order valence-corrected chi connectivity index (χ2v) is 8.23. The molecule has 2 aromatic carbocycles. The third-order valence-corrected chi connectivity index (χ3v) is 6.06. The summed E-state index contributed by atoms with van der Waals surface area (Å²) >= 11 is 7.25. The van der Waals surface area contributed by atoms with Gasteiger partial charge in [0.2, 0.25) is 5.91 Å². The van der Waals surface area contributed by atoms with E-state index in [0.29, 0.717) is 21.3 Å². The molecule has 0 spiro atoms. The molecule has 4 rings (SSSR count). The first-order valence-corrected chi connectivity index (χ1v) is 11.0. The summed E-state index contributed by atoms with van der Waals surface area (Å²) in [6.45, 7) is 7.26. The lowest BCUT2D eigenvalue weighted by Crippen LogP contribution is -2.46. The van der Waals surface area contributed by atoms with Crippen LogP contribution in [0.4, 0.5) is 11.4 Å². The van der Waals surface area contributed by atoms with E-state index in [4.69, 9.17) is 16.0 Å². The maximum atomic E-state index is 12.5. The van der Waals surface area contributed by atoms with Gasteiger partial charge < -0.3 is 19.5 Å². The van der Waals surface area contributed by atoms with Crippen molar-refractivity contribution in [3.05, 3.63) is 47.5 Å². The molecule has 1 aromatic heterocycles. The Labute approximate surface area is 179 Å². The quantitative estimate of drug-likeness (QED) is 0.586. The van der Waals surface area contributed by atoms with Gasteiger partial charge in [-0.15, -0.1) is 0 Å². The Kier molecular flexibility index (Phi) is 6.28. The summed E-state index contributed by atoms with van der Waals surface area (Å²) in [5.41, 5.74) is 3.26. The first-order valence-electron chi connectivity index (χ1n) is 9.67. The van der Waals surface area contributed by atoms with E-state index in [9.17, 15) is 4.79 Å². The van der Waals surface area contributed by atoms with Gasteiger partial charge in [-0.1, -0.05) is 42.4 Å². The van der Waals surface area contributed by atoms with Crippen LogP contribution in [0.2, 0.25) is 5.02 Å². The summed E-state index contributed by atoms with van der Waals surface area (Å²) in [6, 6.07) is 13.3. The molecule has 2 heterocycles. The number of anilines is 2. The number of aromatic nitrogens is 1. The lowest BCUT2D eigenvalue weighted by molar-refractivity contribution is -0.113. The number of piperazine rings is 1. The van der Waals surface area contributed by atoms with E-state index in [1.165, 1.54) is 11.8 Å². The smallest absolute Gasteiger partial charge is 0.257 e. The van der Waals surface area contributed by atoms with Crippen molar-refractivity contribution in [2.24, 2.45) is 0 Å². The molecule has 3 aromatic rings. The fourth-order valence-electron chi connectivity index (χ4n) is 3.41. The zero-order chi connectivity index (χ0) is 20.2. The Morgan fingerprint density at radius 3 is 2.79 bits per heavy atom. The minimum atomic E-state index is -0.0880. The standard InChI is InChI=1S/C21H23ClN4O2S/c1-2-25-9-11-26(12-10-25)18-6-4-3-5-16(18)23-20(27)14-29-21-24-17-13-15(22)7-8-19(17)28-21/h3-8,13H,2,9-12,14H2,1H3,(H,23,27). The van der Waals surface area contributed by atoms with Crippen molar-refractivity contribution in [2.75, 3.05) is 48.7 Å². The second kappa shape index (κ2) is 9.07. The Morgan fingerprint density at radius 2 is 2.00 bits per heavy atom. The number of thioether (sulfide) groups is 1. The summed E-state index contributed by atoms with van der Waals surface area (Å²) in [7, 11) is 0. The largest absolute Gasteiger partial charge is 0.431 e. The van der Waals surface area contributed by atoms with Crippen LogP contribution in [0.25, 0.3) is 11.1 Å². The van der Waals surface area contributed by atoms with Gasteiger partial charge in [0, 0.05) is 31.2 Å². The van der Waals surface area contributed by atoms with E-state index < -0.39 is 0 Å². The van der Waals surface area contributed by atoms with Gasteiger partial charge >= 0.3 is 0 Å². The normalized spacial score (nSPS) is 15.0. The highest BCUT2D eigenvalue weighted by molar-refractivity contribution is 7.99. The van der Waals surface area contributed by atoms with Gasteiger partial charge in [0.15, 0.2) is 5.58 Å². The monoisotopic (exact) mass is 430 g/mol. The van der Waals surface area contributed by atoms with Crippen molar-refractivity contribution >= 4 is 51.7 Å². The lowest BCUT2D eigenvalue weighted by atomic mass is 10.2. The van der Waals surface area contributed by atoms with E-state index in [1.54, 1.807) is 18.2 Å². The summed E-state index contributed by atoms with van der Waals surface area (Å²) < 4.78 is 5.66. The van der Waals surface area contributed by atoms with Gasteiger partial charge in [-0.2, -0.15) is 0 Å². The predicted molar refractivity (Wildman–Crippen MR) is 119 cm³/mol. The molecule has 1 aliphatic heterocycles. The molecule has 1 aliphatic rings. The number of hydrogen-bond acceptors (Lipinski definition) is 6. The van der Waals surface area contributed by atoms with Crippen LogP contribution in [0.3, 0.4) is 0 Å². The molecule has 8 heteroatoms. The summed E-state index contributed by atoms with van der Waals surface area (Å²) in [4.78, 5) is 21.7. The molecule has 0 radical (unpaired) electrons. The molecule has 29 heavy (non-hydrogen) atoms. The second-order valence-electron chi connectivity index (χ2n) is 6.87. The first-order chi connectivity index (χ1) is 14.1. The number of para-hydroxylation sites is 2. The van der Waals surface area contributed by atoms with Crippen molar-refractivity contribution in [2.45, 2.75) is 12.1 Å². The summed E-state index contributed by atoms with van der Waals surface area (Å²) in [5.74, 6) is 0.133. The molecule has 1 N–H and O–H groups in total. The van der Waals surface area contributed by atoms with Gasteiger partial charge in [0.05, 0.1) is 17.1 Å². The molecule has 1 saturated heterocycles. The maximum absolute atomic E-state index is 12.5. The average Bonchev–Trinajstić information content (AvgIpc) is 3.15. The molecule has 0 unspecified atom stereocenters. The number of likely N-dealkylation sites (N-methyl/N-ethyl adjacent to an activating group) is 1. The van der Waals surface area contributed by atoms with Gasteiger partial charge in [-0.05, 0) is 36.9 Å². The van der Waals surface area contributed by atoms with Crippen LogP contribution in [0.15, 0.2) is 52.1 Å². The first kappa shape index (κ1) is 20.1. The topological polar surface area (TPSA) is 61.6 Å². The highest BCUT2D eigenvalue weighted by Gasteiger charge is 2.19. The Balaban J connectivity index is 1.38. The van der Waals surface area contributed by atoms with E-state index in [0.717, 1.165) is 44.1 Å². The molecular weight excluding hydrogens is 408 g/mol. The fraction of sp³-hybridized carbons (Fsp3) is 0.333.